The number of pyridine rings is 1. The quantitative estimate of drug-likeness (QED) is 0.285. The van der Waals surface area contributed by atoms with Crippen LogP contribution in [0.4, 0.5) is 5.69 Å². The van der Waals surface area contributed by atoms with Crippen LogP contribution < -0.4 is 32.8 Å². The van der Waals surface area contributed by atoms with E-state index in [9.17, 15) is 14.4 Å². The highest BCUT2D eigenvalue weighted by atomic mass is 16.2. The summed E-state index contributed by atoms with van der Waals surface area (Å²) in [5.74, 6) is -0.745. The SMILES string of the molecule is NCCN(CCN)C(=O)C[C@H](N)C(=O)N[C@@H](CC1CCCCC1)C(=O)Nc1ccc2[nH+]cccc2c1. The number of fused-ring (bicyclic) bond motifs is 1. The molecule has 9 N–H and O–H groups in total. The van der Waals surface area contributed by atoms with Crippen LogP contribution in [0.3, 0.4) is 0 Å². The van der Waals surface area contributed by atoms with Gasteiger partial charge in [-0.2, -0.15) is 0 Å². The zero-order valence-electron chi connectivity index (χ0n) is 20.9. The Morgan fingerprint density at radius 3 is 2.44 bits per heavy atom. The fraction of sp³-hybridized carbons (Fsp3) is 0.538. The van der Waals surface area contributed by atoms with Crippen LogP contribution in [0, 0.1) is 5.92 Å². The van der Waals surface area contributed by atoms with Crippen LogP contribution in [0.1, 0.15) is 44.9 Å². The van der Waals surface area contributed by atoms with E-state index in [4.69, 9.17) is 17.2 Å². The van der Waals surface area contributed by atoms with Gasteiger partial charge in [0.15, 0.2) is 6.20 Å². The van der Waals surface area contributed by atoms with Crippen LogP contribution in [-0.2, 0) is 14.4 Å². The molecule has 3 rings (SSSR count). The van der Waals surface area contributed by atoms with E-state index >= 15 is 0 Å². The van der Waals surface area contributed by atoms with E-state index in [2.05, 4.69) is 15.6 Å². The summed E-state index contributed by atoms with van der Waals surface area (Å²) in [6.45, 7) is 1.29. The summed E-state index contributed by atoms with van der Waals surface area (Å²) in [6, 6.07) is 7.64. The van der Waals surface area contributed by atoms with E-state index < -0.39 is 18.0 Å². The number of benzene rings is 1. The Morgan fingerprint density at radius 2 is 1.75 bits per heavy atom. The third kappa shape index (κ3) is 7.97. The van der Waals surface area contributed by atoms with Crippen LogP contribution >= 0.6 is 0 Å². The van der Waals surface area contributed by atoms with Gasteiger partial charge in [-0.25, -0.2) is 4.98 Å². The van der Waals surface area contributed by atoms with Gasteiger partial charge in [-0.15, -0.1) is 0 Å². The molecule has 1 aromatic carbocycles. The van der Waals surface area contributed by atoms with Gasteiger partial charge in [0.2, 0.25) is 23.2 Å². The molecule has 0 spiro atoms. The number of rotatable bonds is 12. The molecule has 1 aliphatic rings. The maximum Gasteiger partial charge on any atom is 0.246 e. The minimum absolute atomic E-state index is 0.176. The lowest BCUT2D eigenvalue weighted by atomic mass is 9.84. The first-order valence-electron chi connectivity index (χ1n) is 12.9. The van der Waals surface area contributed by atoms with Gasteiger partial charge in [-0.1, -0.05) is 32.1 Å². The van der Waals surface area contributed by atoms with Crippen molar-refractivity contribution in [3.05, 3.63) is 36.5 Å². The van der Waals surface area contributed by atoms with Gasteiger partial charge in [-0.05, 0) is 30.5 Å². The van der Waals surface area contributed by atoms with E-state index in [0.29, 0.717) is 44.2 Å². The Labute approximate surface area is 212 Å². The molecule has 1 saturated carbocycles. The van der Waals surface area contributed by atoms with Crippen molar-refractivity contribution in [2.75, 3.05) is 31.5 Å². The van der Waals surface area contributed by atoms with E-state index in [1.165, 1.54) is 11.3 Å². The van der Waals surface area contributed by atoms with Crippen LogP contribution in [0.5, 0.6) is 0 Å². The first-order valence-corrected chi connectivity index (χ1v) is 12.9. The predicted molar refractivity (Wildman–Crippen MR) is 140 cm³/mol. The fourth-order valence-corrected chi connectivity index (χ4v) is 4.78. The number of hydrogen-bond acceptors (Lipinski definition) is 6. The van der Waals surface area contributed by atoms with Gasteiger partial charge in [-0.3, -0.25) is 14.4 Å². The molecule has 1 aliphatic carbocycles. The van der Waals surface area contributed by atoms with Crippen molar-refractivity contribution in [1.29, 1.82) is 0 Å². The third-order valence-corrected chi connectivity index (χ3v) is 6.74. The molecule has 2 atom stereocenters. The highest BCUT2D eigenvalue weighted by Gasteiger charge is 2.29. The van der Waals surface area contributed by atoms with Crippen LogP contribution in [0.15, 0.2) is 36.5 Å². The Hall–Kier alpha value is -3.08. The zero-order chi connectivity index (χ0) is 25.9. The molecule has 2 aromatic rings. The van der Waals surface area contributed by atoms with E-state index in [0.717, 1.165) is 36.6 Å². The number of carbonyl (C=O) groups is 3. The van der Waals surface area contributed by atoms with Gasteiger partial charge in [0, 0.05) is 49.4 Å². The van der Waals surface area contributed by atoms with Crippen molar-refractivity contribution in [3.63, 3.8) is 0 Å². The number of nitrogens with two attached hydrogens (primary N) is 3. The molecule has 36 heavy (non-hydrogen) atoms. The summed E-state index contributed by atoms with van der Waals surface area (Å²) in [5, 5.41) is 6.74. The molecule has 1 aromatic heterocycles. The minimum atomic E-state index is -1.08. The summed E-state index contributed by atoms with van der Waals surface area (Å²) in [5.41, 5.74) is 18.8. The Balaban J connectivity index is 1.67. The highest BCUT2D eigenvalue weighted by molar-refractivity contribution is 5.99. The molecule has 0 saturated heterocycles. The van der Waals surface area contributed by atoms with Crippen LogP contribution in [0.2, 0.25) is 0 Å². The number of carbonyl (C=O) groups excluding carboxylic acids is 3. The lowest BCUT2D eigenvalue weighted by Gasteiger charge is -2.28. The fourth-order valence-electron chi connectivity index (χ4n) is 4.78. The second-order valence-corrected chi connectivity index (χ2v) is 9.53. The summed E-state index contributed by atoms with van der Waals surface area (Å²) in [6.07, 6.45) is 7.71. The Kier molecular flexibility index (Phi) is 10.6. The summed E-state index contributed by atoms with van der Waals surface area (Å²) in [4.78, 5) is 43.5. The second kappa shape index (κ2) is 13.9. The minimum Gasteiger partial charge on any atom is -0.343 e. The molecule has 196 valence electrons. The van der Waals surface area contributed by atoms with Crippen molar-refractivity contribution >= 4 is 34.3 Å². The van der Waals surface area contributed by atoms with Crippen LogP contribution in [-0.4, -0.2) is 60.9 Å². The first kappa shape index (κ1) is 27.5. The molecule has 3 amide bonds. The second-order valence-electron chi connectivity index (χ2n) is 9.53. The van der Waals surface area contributed by atoms with Crippen molar-refractivity contribution < 1.29 is 19.4 Å². The zero-order valence-corrected chi connectivity index (χ0v) is 20.9. The summed E-state index contributed by atoms with van der Waals surface area (Å²) >= 11 is 0. The lowest BCUT2D eigenvalue weighted by Crippen LogP contribution is -2.52. The van der Waals surface area contributed by atoms with Crippen LogP contribution in [0.25, 0.3) is 10.9 Å². The Bertz CT molecular complexity index is 1020. The van der Waals surface area contributed by atoms with Gasteiger partial charge < -0.3 is 32.7 Å². The number of aromatic nitrogens is 1. The molecule has 10 heteroatoms. The lowest BCUT2D eigenvalue weighted by molar-refractivity contribution is -0.344. The maximum absolute atomic E-state index is 13.3. The number of amides is 3. The maximum atomic E-state index is 13.3. The van der Waals surface area contributed by atoms with Gasteiger partial charge in [0.25, 0.3) is 0 Å². The predicted octanol–water partition coefficient (Wildman–Crippen LogP) is 0.511. The molecule has 0 unspecified atom stereocenters. The van der Waals surface area contributed by atoms with Crippen molar-refractivity contribution in [3.8, 4) is 0 Å². The van der Waals surface area contributed by atoms with Crippen molar-refractivity contribution in [2.24, 2.45) is 23.1 Å². The smallest absolute Gasteiger partial charge is 0.246 e. The van der Waals surface area contributed by atoms with Gasteiger partial charge >= 0.3 is 0 Å². The normalized spacial score (nSPS) is 15.8. The van der Waals surface area contributed by atoms with E-state index in [-0.39, 0.29) is 18.2 Å². The summed E-state index contributed by atoms with van der Waals surface area (Å²) < 4.78 is 0. The standard InChI is InChI=1S/C26H39N7O3/c27-10-13-33(14-11-28)24(34)17-21(29)25(35)32-23(15-18-5-2-1-3-6-18)26(36)31-20-8-9-22-19(16-20)7-4-12-30-22/h4,7-9,12,16,18,21,23H,1-3,5-6,10-11,13-15,17,27-29H2,(H,31,36)(H,32,35)/p+1/t21-,23-/m0/s1. The van der Waals surface area contributed by atoms with Gasteiger partial charge in [0.1, 0.15) is 6.04 Å². The van der Waals surface area contributed by atoms with Crippen molar-refractivity contribution in [2.45, 2.75) is 57.0 Å². The molecule has 1 fully saturated rings. The number of H-pyrrole nitrogens is 1. The number of nitrogens with zero attached hydrogens (tertiary/aromatic N) is 1. The number of anilines is 1. The third-order valence-electron chi connectivity index (χ3n) is 6.74. The number of nitrogens with one attached hydrogen (secondary N) is 3. The molecule has 1 heterocycles. The van der Waals surface area contributed by atoms with Crippen molar-refractivity contribution in [1.82, 2.24) is 10.2 Å². The number of hydrogen-bond donors (Lipinski definition) is 5. The average molecular weight is 499 g/mol. The summed E-state index contributed by atoms with van der Waals surface area (Å²) in [7, 11) is 0. The van der Waals surface area contributed by atoms with E-state index in [1.807, 2.05) is 36.5 Å². The average Bonchev–Trinajstić information content (AvgIpc) is 2.88. The van der Waals surface area contributed by atoms with E-state index in [1.54, 1.807) is 0 Å². The first-order chi connectivity index (χ1) is 17.4. The monoisotopic (exact) mass is 498 g/mol. The Morgan fingerprint density at radius 1 is 1.03 bits per heavy atom. The molecule has 0 radical (unpaired) electrons. The molecule has 0 bridgehead atoms. The molecule has 0 aliphatic heterocycles. The molecular formula is C26H40N7O3+. The molecular weight excluding hydrogens is 458 g/mol. The largest absolute Gasteiger partial charge is 0.343 e. The van der Waals surface area contributed by atoms with Gasteiger partial charge in [0.05, 0.1) is 12.5 Å². The number of aromatic amines is 1. The topological polar surface area (TPSA) is 171 Å². The highest BCUT2D eigenvalue weighted by Crippen LogP contribution is 2.28. The molecule has 10 nitrogen and oxygen atoms in total.